The molecule has 3 rings (SSSR count). The van der Waals surface area contributed by atoms with E-state index >= 15 is 0 Å². The van der Waals surface area contributed by atoms with Crippen molar-refractivity contribution in [1.29, 1.82) is 0 Å². The first-order chi connectivity index (χ1) is 12.5. The van der Waals surface area contributed by atoms with Crippen molar-refractivity contribution in [3.05, 3.63) is 89.5 Å². The standard InChI is InChI=1S/C21H21O4P.H3N/c1-16-10-4-7-13-19(16)23-26(22,24-20-14-8-5-11-17(20)2)25-21-15-9-6-12-18(21)3;/h4-15H,1-3H3;1H3. The van der Waals surface area contributed by atoms with Gasteiger partial charge in [0.05, 0.1) is 0 Å². The van der Waals surface area contributed by atoms with Crippen LogP contribution >= 0.6 is 7.82 Å². The molecule has 0 saturated heterocycles. The molecule has 6 heteroatoms. The summed E-state index contributed by atoms with van der Waals surface area (Å²) in [5.74, 6) is 1.37. The van der Waals surface area contributed by atoms with E-state index in [9.17, 15) is 4.57 Å². The van der Waals surface area contributed by atoms with Crippen LogP contribution in [0.1, 0.15) is 16.7 Å². The van der Waals surface area contributed by atoms with Gasteiger partial charge in [-0.05, 0) is 55.7 Å². The Morgan fingerprint density at radius 2 is 0.815 bits per heavy atom. The fraction of sp³-hybridized carbons (Fsp3) is 0.143. The van der Waals surface area contributed by atoms with Crippen LogP contribution in [-0.2, 0) is 4.57 Å². The highest BCUT2D eigenvalue weighted by Gasteiger charge is 2.34. The molecule has 3 aromatic carbocycles. The zero-order chi connectivity index (χ0) is 18.6. The average molecular weight is 385 g/mol. The van der Waals surface area contributed by atoms with Gasteiger partial charge in [0, 0.05) is 0 Å². The molecule has 0 spiro atoms. The van der Waals surface area contributed by atoms with Crippen LogP contribution in [0.25, 0.3) is 0 Å². The maximum atomic E-state index is 13.5. The van der Waals surface area contributed by atoms with Crippen molar-refractivity contribution in [3.8, 4) is 17.2 Å². The minimum absolute atomic E-state index is 0. The molecule has 0 aliphatic heterocycles. The first kappa shape index (κ1) is 20.6. The number of rotatable bonds is 6. The second-order valence-electron chi connectivity index (χ2n) is 6.02. The maximum Gasteiger partial charge on any atom is 0.647 e. The number of phosphoric ester groups is 1. The lowest BCUT2D eigenvalue weighted by molar-refractivity contribution is 0.296. The molecule has 0 fully saturated rings. The maximum absolute atomic E-state index is 13.5. The van der Waals surface area contributed by atoms with Crippen molar-refractivity contribution >= 4 is 7.82 Å². The smallest absolute Gasteiger partial charge is 0.386 e. The molecule has 0 bridgehead atoms. The van der Waals surface area contributed by atoms with Gasteiger partial charge < -0.3 is 19.7 Å². The average Bonchev–Trinajstić information content (AvgIpc) is 2.61. The largest absolute Gasteiger partial charge is 0.647 e. The summed E-state index contributed by atoms with van der Waals surface area (Å²) in [5, 5.41) is 0. The molecule has 142 valence electrons. The fourth-order valence-electron chi connectivity index (χ4n) is 2.39. The SMILES string of the molecule is Cc1ccccc1OP(=O)(Oc1ccccc1C)Oc1ccccc1C.N. The lowest BCUT2D eigenvalue weighted by Crippen LogP contribution is -2.09. The third-order valence-corrected chi connectivity index (χ3v) is 5.17. The molecule has 0 aliphatic rings. The molecule has 0 heterocycles. The van der Waals surface area contributed by atoms with Gasteiger partial charge in [-0.3, -0.25) is 0 Å². The van der Waals surface area contributed by atoms with E-state index in [0.29, 0.717) is 17.2 Å². The summed E-state index contributed by atoms with van der Waals surface area (Å²) in [5.41, 5.74) is 2.53. The summed E-state index contributed by atoms with van der Waals surface area (Å²) < 4.78 is 30.8. The Kier molecular flexibility index (Phi) is 6.67. The predicted octanol–water partition coefficient (Wildman–Crippen LogP) is 6.42. The molecule has 3 N–H and O–H groups in total. The minimum Gasteiger partial charge on any atom is -0.386 e. The molecule has 3 aromatic rings. The van der Waals surface area contributed by atoms with E-state index in [2.05, 4.69) is 0 Å². The summed E-state index contributed by atoms with van der Waals surface area (Å²) in [7, 11) is -3.97. The van der Waals surface area contributed by atoms with Crippen molar-refractivity contribution in [1.82, 2.24) is 6.15 Å². The van der Waals surface area contributed by atoms with E-state index < -0.39 is 7.82 Å². The lowest BCUT2D eigenvalue weighted by Gasteiger charge is -2.21. The van der Waals surface area contributed by atoms with Gasteiger partial charge in [-0.2, -0.15) is 4.57 Å². The van der Waals surface area contributed by atoms with Crippen LogP contribution in [0.3, 0.4) is 0 Å². The van der Waals surface area contributed by atoms with Gasteiger partial charge in [-0.25, -0.2) is 0 Å². The Balaban J connectivity index is 0.00000261. The van der Waals surface area contributed by atoms with Gasteiger partial charge in [0.15, 0.2) is 0 Å². The minimum atomic E-state index is -3.97. The summed E-state index contributed by atoms with van der Waals surface area (Å²) in [6.07, 6.45) is 0. The van der Waals surface area contributed by atoms with E-state index in [4.69, 9.17) is 13.6 Å². The molecule has 0 aliphatic carbocycles. The molecule has 0 amide bonds. The van der Waals surface area contributed by atoms with E-state index in [1.807, 2.05) is 75.4 Å². The fourth-order valence-corrected chi connectivity index (χ4v) is 3.84. The zero-order valence-corrected chi connectivity index (χ0v) is 16.6. The van der Waals surface area contributed by atoms with Crippen molar-refractivity contribution in [2.45, 2.75) is 20.8 Å². The molecule has 27 heavy (non-hydrogen) atoms. The van der Waals surface area contributed by atoms with E-state index in [1.54, 1.807) is 18.2 Å². The normalized spacial score (nSPS) is 10.6. The van der Waals surface area contributed by atoms with Gasteiger partial charge in [0.1, 0.15) is 17.2 Å². The summed E-state index contributed by atoms with van der Waals surface area (Å²) in [6.45, 7) is 5.63. The number of para-hydroxylation sites is 3. The molecule has 0 unspecified atom stereocenters. The van der Waals surface area contributed by atoms with Crippen LogP contribution < -0.4 is 19.7 Å². The quantitative estimate of drug-likeness (QED) is 0.495. The monoisotopic (exact) mass is 385 g/mol. The van der Waals surface area contributed by atoms with Gasteiger partial charge >= 0.3 is 7.82 Å². The topological polar surface area (TPSA) is 79.8 Å². The Morgan fingerprint density at radius 1 is 0.556 bits per heavy atom. The first-order valence-corrected chi connectivity index (χ1v) is 9.79. The zero-order valence-electron chi connectivity index (χ0n) is 15.7. The number of hydrogen-bond acceptors (Lipinski definition) is 5. The highest BCUT2D eigenvalue weighted by Crippen LogP contribution is 2.51. The molecule has 0 radical (unpaired) electrons. The van der Waals surface area contributed by atoms with Crippen LogP contribution in [0.4, 0.5) is 0 Å². The Morgan fingerprint density at radius 3 is 1.07 bits per heavy atom. The van der Waals surface area contributed by atoms with Crippen LogP contribution in [0, 0.1) is 20.8 Å². The van der Waals surface area contributed by atoms with Crippen LogP contribution in [0.15, 0.2) is 72.8 Å². The second kappa shape index (κ2) is 8.76. The van der Waals surface area contributed by atoms with Gasteiger partial charge in [-0.15, -0.1) is 0 Å². The highest BCUT2D eigenvalue weighted by atomic mass is 31.2. The number of hydrogen-bond donors (Lipinski definition) is 1. The van der Waals surface area contributed by atoms with Crippen molar-refractivity contribution in [2.75, 3.05) is 0 Å². The third kappa shape index (κ3) is 5.13. The Labute approximate surface area is 160 Å². The molecule has 5 nitrogen and oxygen atoms in total. The van der Waals surface area contributed by atoms with Crippen molar-refractivity contribution in [3.63, 3.8) is 0 Å². The molecule has 0 atom stereocenters. The van der Waals surface area contributed by atoms with E-state index in [1.165, 1.54) is 0 Å². The van der Waals surface area contributed by atoms with Crippen LogP contribution in [-0.4, -0.2) is 0 Å². The molecular formula is C21H24NO4P. The van der Waals surface area contributed by atoms with Gasteiger partial charge in [0.25, 0.3) is 0 Å². The predicted molar refractivity (Wildman–Crippen MR) is 108 cm³/mol. The highest BCUT2D eigenvalue weighted by molar-refractivity contribution is 7.49. The molecule has 0 saturated carbocycles. The lowest BCUT2D eigenvalue weighted by atomic mass is 10.2. The van der Waals surface area contributed by atoms with Crippen molar-refractivity contribution < 1.29 is 18.1 Å². The van der Waals surface area contributed by atoms with Crippen molar-refractivity contribution in [2.24, 2.45) is 0 Å². The second-order valence-corrected chi connectivity index (χ2v) is 7.46. The summed E-state index contributed by atoms with van der Waals surface area (Å²) in [6, 6.07) is 22.0. The first-order valence-electron chi connectivity index (χ1n) is 8.32. The van der Waals surface area contributed by atoms with Gasteiger partial charge in [-0.1, -0.05) is 54.6 Å². The molecule has 0 aromatic heterocycles. The third-order valence-electron chi connectivity index (χ3n) is 3.91. The summed E-state index contributed by atoms with van der Waals surface area (Å²) >= 11 is 0. The Hall–Kier alpha value is -2.75. The van der Waals surface area contributed by atoms with Gasteiger partial charge in [0.2, 0.25) is 0 Å². The number of benzene rings is 3. The number of aryl methyl sites for hydroxylation is 3. The molecular weight excluding hydrogens is 361 g/mol. The number of phosphoric acid groups is 1. The Bertz CT molecular complexity index is 836. The summed E-state index contributed by atoms with van der Waals surface area (Å²) in [4.78, 5) is 0. The van der Waals surface area contributed by atoms with E-state index in [-0.39, 0.29) is 6.15 Å². The van der Waals surface area contributed by atoms with Crippen LogP contribution in [0.5, 0.6) is 17.2 Å². The van der Waals surface area contributed by atoms with E-state index in [0.717, 1.165) is 16.7 Å². The van der Waals surface area contributed by atoms with Crippen LogP contribution in [0.2, 0.25) is 0 Å².